The molecule has 1 saturated heterocycles. The molecule has 1 N–H and O–H groups in total. The topological polar surface area (TPSA) is 67.9 Å². The Kier molecular flexibility index (Phi) is 2.55. The molecule has 0 aliphatic carbocycles. The number of piperazine rings is 1. The molecule has 6 nitrogen and oxygen atoms in total. The van der Waals surface area contributed by atoms with Gasteiger partial charge >= 0.3 is 0 Å². The van der Waals surface area contributed by atoms with Crippen molar-refractivity contribution in [2.45, 2.75) is 0 Å². The summed E-state index contributed by atoms with van der Waals surface area (Å²) in [7, 11) is 0. The molecule has 0 bridgehead atoms. The Hall–Kier alpha value is -2.24. The van der Waals surface area contributed by atoms with E-state index in [9.17, 15) is 9.59 Å². The average molecular weight is 248 g/mol. The van der Waals surface area contributed by atoms with Crippen molar-refractivity contribution in [3.63, 3.8) is 0 Å². The molecule has 0 spiro atoms. The SMILES string of the molecule is O=C1CN(C(=O)c2ccc3c(c2)OCO3)CCN1. The number of nitrogens with one attached hydrogen (secondary N) is 1. The highest BCUT2D eigenvalue weighted by atomic mass is 16.7. The maximum Gasteiger partial charge on any atom is 0.254 e. The minimum Gasteiger partial charge on any atom is -0.454 e. The number of ether oxygens (including phenoxy) is 2. The van der Waals surface area contributed by atoms with Gasteiger partial charge in [0.05, 0.1) is 6.54 Å². The molecule has 1 aromatic rings. The van der Waals surface area contributed by atoms with E-state index < -0.39 is 0 Å². The van der Waals surface area contributed by atoms with E-state index in [1.54, 1.807) is 18.2 Å². The Morgan fingerprint density at radius 2 is 2.11 bits per heavy atom. The largest absolute Gasteiger partial charge is 0.454 e. The van der Waals surface area contributed by atoms with Gasteiger partial charge in [0, 0.05) is 18.7 Å². The molecular formula is C12H12N2O4. The van der Waals surface area contributed by atoms with Gasteiger partial charge in [-0.25, -0.2) is 0 Å². The van der Waals surface area contributed by atoms with Crippen LogP contribution in [0.5, 0.6) is 11.5 Å². The highest BCUT2D eigenvalue weighted by Gasteiger charge is 2.24. The van der Waals surface area contributed by atoms with Crippen LogP contribution in [-0.2, 0) is 4.79 Å². The molecule has 0 atom stereocenters. The number of fused-ring (bicyclic) bond motifs is 1. The molecule has 2 heterocycles. The predicted molar refractivity (Wildman–Crippen MR) is 61.5 cm³/mol. The Labute approximate surface area is 103 Å². The number of hydrogen-bond acceptors (Lipinski definition) is 4. The first kappa shape index (κ1) is 10.9. The summed E-state index contributed by atoms with van der Waals surface area (Å²) >= 11 is 0. The first-order valence-electron chi connectivity index (χ1n) is 5.70. The fourth-order valence-electron chi connectivity index (χ4n) is 2.02. The van der Waals surface area contributed by atoms with Crippen molar-refractivity contribution in [2.75, 3.05) is 26.4 Å². The van der Waals surface area contributed by atoms with Gasteiger partial charge in [-0.15, -0.1) is 0 Å². The maximum atomic E-state index is 12.2. The molecule has 0 radical (unpaired) electrons. The molecule has 2 aliphatic rings. The Morgan fingerprint density at radius 3 is 2.94 bits per heavy atom. The first-order valence-corrected chi connectivity index (χ1v) is 5.70. The van der Waals surface area contributed by atoms with Crippen LogP contribution in [0.1, 0.15) is 10.4 Å². The number of amides is 2. The number of carbonyl (C=O) groups is 2. The molecule has 2 amide bonds. The smallest absolute Gasteiger partial charge is 0.254 e. The van der Waals surface area contributed by atoms with Crippen molar-refractivity contribution in [1.82, 2.24) is 10.2 Å². The number of hydrogen-bond donors (Lipinski definition) is 1. The van der Waals surface area contributed by atoms with E-state index in [1.807, 2.05) is 0 Å². The standard InChI is InChI=1S/C12H12N2O4/c15-11-6-14(4-3-13-11)12(16)8-1-2-9-10(5-8)18-7-17-9/h1-2,5H,3-4,6-7H2,(H,13,15). The van der Waals surface area contributed by atoms with Crippen LogP contribution in [0.15, 0.2) is 18.2 Å². The average Bonchev–Trinajstić information content (AvgIpc) is 2.85. The van der Waals surface area contributed by atoms with E-state index in [4.69, 9.17) is 9.47 Å². The summed E-state index contributed by atoms with van der Waals surface area (Å²) < 4.78 is 10.4. The van der Waals surface area contributed by atoms with Crippen molar-refractivity contribution >= 4 is 11.8 Å². The normalized spacial score (nSPS) is 17.6. The molecule has 0 aromatic heterocycles. The van der Waals surface area contributed by atoms with Crippen molar-refractivity contribution in [2.24, 2.45) is 0 Å². The lowest BCUT2D eigenvalue weighted by molar-refractivity contribution is -0.123. The third kappa shape index (κ3) is 1.85. The fraction of sp³-hybridized carbons (Fsp3) is 0.333. The first-order chi connectivity index (χ1) is 8.74. The van der Waals surface area contributed by atoms with Crippen molar-refractivity contribution < 1.29 is 19.1 Å². The van der Waals surface area contributed by atoms with Gasteiger partial charge in [0.15, 0.2) is 11.5 Å². The zero-order valence-corrected chi connectivity index (χ0v) is 9.64. The molecule has 0 unspecified atom stereocenters. The van der Waals surface area contributed by atoms with Gasteiger partial charge in [0.1, 0.15) is 0 Å². The molecule has 6 heteroatoms. The van der Waals surface area contributed by atoms with Crippen molar-refractivity contribution in [1.29, 1.82) is 0 Å². The summed E-state index contributed by atoms with van der Waals surface area (Å²) in [6.07, 6.45) is 0. The highest BCUT2D eigenvalue weighted by Crippen LogP contribution is 2.32. The van der Waals surface area contributed by atoms with Crippen LogP contribution < -0.4 is 14.8 Å². The van der Waals surface area contributed by atoms with Crippen LogP contribution in [0.4, 0.5) is 0 Å². The van der Waals surface area contributed by atoms with Crippen LogP contribution in [-0.4, -0.2) is 43.1 Å². The molecule has 0 saturated carbocycles. The summed E-state index contributed by atoms with van der Waals surface area (Å²) in [5.74, 6) is 0.920. The lowest BCUT2D eigenvalue weighted by atomic mass is 10.1. The second kappa shape index (κ2) is 4.21. The van der Waals surface area contributed by atoms with Crippen LogP contribution in [0.3, 0.4) is 0 Å². The summed E-state index contributed by atoms with van der Waals surface area (Å²) in [5, 5.41) is 2.68. The van der Waals surface area contributed by atoms with E-state index in [-0.39, 0.29) is 25.2 Å². The highest BCUT2D eigenvalue weighted by molar-refractivity contribution is 5.97. The van der Waals surface area contributed by atoms with E-state index in [1.165, 1.54) is 4.90 Å². The van der Waals surface area contributed by atoms with E-state index in [0.29, 0.717) is 30.2 Å². The monoisotopic (exact) mass is 248 g/mol. The molecule has 1 aromatic carbocycles. The summed E-state index contributed by atoms with van der Waals surface area (Å²) in [4.78, 5) is 25.0. The van der Waals surface area contributed by atoms with Crippen LogP contribution >= 0.6 is 0 Å². The summed E-state index contributed by atoms with van der Waals surface area (Å²) in [6.45, 7) is 1.31. The van der Waals surface area contributed by atoms with Gasteiger partial charge < -0.3 is 19.7 Å². The molecule has 1 fully saturated rings. The molecular weight excluding hydrogens is 236 g/mol. The molecule has 94 valence electrons. The number of benzene rings is 1. The Morgan fingerprint density at radius 1 is 1.28 bits per heavy atom. The minimum atomic E-state index is -0.164. The third-order valence-electron chi connectivity index (χ3n) is 2.95. The van der Waals surface area contributed by atoms with Gasteiger partial charge in [0.2, 0.25) is 12.7 Å². The van der Waals surface area contributed by atoms with Gasteiger partial charge in [0.25, 0.3) is 5.91 Å². The Balaban J connectivity index is 1.81. The fourth-order valence-corrected chi connectivity index (χ4v) is 2.02. The minimum absolute atomic E-state index is 0.104. The molecule has 2 aliphatic heterocycles. The number of carbonyl (C=O) groups excluding carboxylic acids is 2. The summed E-state index contributed by atoms with van der Waals surface area (Å²) in [6, 6.07) is 5.04. The van der Waals surface area contributed by atoms with Crippen molar-refractivity contribution in [3.05, 3.63) is 23.8 Å². The Bertz CT molecular complexity index is 515. The zero-order valence-electron chi connectivity index (χ0n) is 9.64. The predicted octanol–water partition coefficient (Wildman–Crippen LogP) is -0.0127. The van der Waals surface area contributed by atoms with E-state index >= 15 is 0 Å². The van der Waals surface area contributed by atoms with Gasteiger partial charge in [-0.1, -0.05) is 0 Å². The number of nitrogens with zero attached hydrogens (tertiary/aromatic N) is 1. The van der Waals surface area contributed by atoms with Crippen LogP contribution in [0, 0.1) is 0 Å². The maximum absolute atomic E-state index is 12.2. The van der Waals surface area contributed by atoms with Gasteiger partial charge in [-0.05, 0) is 18.2 Å². The van der Waals surface area contributed by atoms with E-state index in [2.05, 4.69) is 5.32 Å². The zero-order chi connectivity index (χ0) is 12.5. The molecule has 3 rings (SSSR count). The van der Waals surface area contributed by atoms with Crippen molar-refractivity contribution in [3.8, 4) is 11.5 Å². The lowest BCUT2D eigenvalue weighted by Gasteiger charge is -2.26. The van der Waals surface area contributed by atoms with Gasteiger partial charge in [-0.2, -0.15) is 0 Å². The third-order valence-corrected chi connectivity index (χ3v) is 2.95. The molecule has 18 heavy (non-hydrogen) atoms. The summed E-state index contributed by atoms with van der Waals surface area (Å²) in [5.41, 5.74) is 0.508. The van der Waals surface area contributed by atoms with Crippen LogP contribution in [0.2, 0.25) is 0 Å². The van der Waals surface area contributed by atoms with Crippen LogP contribution in [0.25, 0.3) is 0 Å². The van der Waals surface area contributed by atoms with Gasteiger partial charge in [-0.3, -0.25) is 9.59 Å². The lowest BCUT2D eigenvalue weighted by Crippen LogP contribution is -2.49. The van der Waals surface area contributed by atoms with E-state index in [0.717, 1.165) is 0 Å². The quantitative estimate of drug-likeness (QED) is 0.759. The number of rotatable bonds is 1. The second-order valence-corrected chi connectivity index (χ2v) is 4.14. The second-order valence-electron chi connectivity index (χ2n) is 4.14.